The lowest BCUT2D eigenvalue weighted by Crippen LogP contribution is -2.37. The van der Waals surface area contributed by atoms with Gasteiger partial charge in [-0.25, -0.2) is 0 Å². The lowest BCUT2D eigenvalue weighted by atomic mass is 9.78. The number of nitrogens with zero attached hydrogens (tertiary/aromatic N) is 3. The second-order valence-electron chi connectivity index (χ2n) is 7.43. The molecule has 4 atom stereocenters. The highest BCUT2D eigenvalue weighted by molar-refractivity contribution is 7.08. The average Bonchev–Trinajstić information content (AvgIpc) is 3.49. The van der Waals surface area contributed by atoms with Gasteiger partial charge in [0.1, 0.15) is 0 Å². The summed E-state index contributed by atoms with van der Waals surface area (Å²) in [6, 6.07) is 5.83. The molecule has 138 valence electrons. The number of nitrogens with one attached hydrogen (secondary N) is 1. The molecule has 7 heteroatoms. The zero-order valence-electron chi connectivity index (χ0n) is 14.7. The van der Waals surface area contributed by atoms with Gasteiger partial charge >= 0.3 is 0 Å². The molecule has 0 saturated heterocycles. The normalized spacial score (nSPS) is 26.4. The van der Waals surface area contributed by atoms with Crippen LogP contribution in [0.3, 0.4) is 0 Å². The van der Waals surface area contributed by atoms with Crippen molar-refractivity contribution in [3.8, 4) is 11.4 Å². The number of hydrogen-bond acceptors (Lipinski definition) is 6. The molecule has 2 bridgehead atoms. The fraction of sp³-hybridized carbons (Fsp3) is 0.400. The highest BCUT2D eigenvalue weighted by Gasteiger charge is 2.53. The Bertz CT molecular complexity index is 925. The maximum Gasteiger partial charge on any atom is 0.231 e. The SMILES string of the molecule is O=C(NCc1cccnc1)[C@H]1[C@H]2CC[C@H](C2)[C@@H]1c1nc(-c2ccsc2)no1. The van der Waals surface area contributed by atoms with E-state index < -0.39 is 0 Å². The van der Waals surface area contributed by atoms with Gasteiger partial charge in [0.05, 0.1) is 11.8 Å². The molecule has 0 aliphatic heterocycles. The van der Waals surface area contributed by atoms with Crippen LogP contribution in [0.25, 0.3) is 11.4 Å². The second-order valence-corrected chi connectivity index (χ2v) is 8.21. The average molecular weight is 380 g/mol. The summed E-state index contributed by atoms with van der Waals surface area (Å²) >= 11 is 1.61. The number of pyridine rings is 1. The number of aromatic nitrogens is 3. The topological polar surface area (TPSA) is 80.9 Å². The van der Waals surface area contributed by atoms with Gasteiger partial charge in [-0.15, -0.1) is 0 Å². The summed E-state index contributed by atoms with van der Waals surface area (Å²) in [6.45, 7) is 0.497. The highest BCUT2D eigenvalue weighted by atomic mass is 32.1. The molecular weight excluding hydrogens is 360 g/mol. The van der Waals surface area contributed by atoms with Gasteiger partial charge in [-0.3, -0.25) is 9.78 Å². The fourth-order valence-corrected chi connectivity index (χ4v) is 5.35. The van der Waals surface area contributed by atoms with E-state index in [0.717, 1.165) is 30.4 Å². The van der Waals surface area contributed by atoms with E-state index in [2.05, 4.69) is 20.4 Å². The lowest BCUT2D eigenvalue weighted by Gasteiger charge is -2.27. The maximum absolute atomic E-state index is 13.0. The lowest BCUT2D eigenvalue weighted by molar-refractivity contribution is -0.127. The fourth-order valence-electron chi connectivity index (χ4n) is 4.71. The van der Waals surface area contributed by atoms with Crippen LogP contribution in [0.4, 0.5) is 0 Å². The molecule has 2 fully saturated rings. The van der Waals surface area contributed by atoms with Crippen molar-refractivity contribution >= 4 is 17.2 Å². The molecule has 2 saturated carbocycles. The molecule has 1 amide bonds. The first-order chi connectivity index (χ1) is 13.3. The van der Waals surface area contributed by atoms with E-state index in [1.165, 1.54) is 0 Å². The van der Waals surface area contributed by atoms with Crippen LogP contribution in [0, 0.1) is 17.8 Å². The van der Waals surface area contributed by atoms with Crippen LogP contribution in [-0.4, -0.2) is 21.0 Å². The third-order valence-corrected chi connectivity index (χ3v) is 6.60. The molecule has 27 heavy (non-hydrogen) atoms. The molecule has 3 heterocycles. The Morgan fingerprint density at radius 1 is 1.30 bits per heavy atom. The number of thiophene rings is 1. The molecule has 3 aromatic heterocycles. The van der Waals surface area contributed by atoms with Gasteiger partial charge in [-0.05, 0) is 54.2 Å². The smallest absolute Gasteiger partial charge is 0.231 e. The zero-order chi connectivity index (χ0) is 18.2. The molecule has 0 unspecified atom stereocenters. The van der Waals surface area contributed by atoms with Crippen molar-refractivity contribution in [3.05, 3.63) is 52.8 Å². The van der Waals surface area contributed by atoms with Crippen molar-refractivity contribution in [1.82, 2.24) is 20.4 Å². The third-order valence-electron chi connectivity index (χ3n) is 5.91. The molecule has 6 nitrogen and oxygen atoms in total. The largest absolute Gasteiger partial charge is 0.352 e. The summed E-state index contributed by atoms with van der Waals surface area (Å²) in [4.78, 5) is 21.8. The van der Waals surface area contributed by atoms with Crippen molar-refractivity contribution in [2.45, 2.75) is 31.7 Å². The van der Waals surface area contributed by atoms with Crippen LogP contribution in [0.2, 0.25) is 0 Å². The van der Waals surface area contributed by atoms with Gasteiger partial charge in [0.2, 0.25) is 17.6 Å². The first-order valence-corrected chi connectivity index (χ1v) is 10.3. The van der Waals surface area contributed by atoms with E-state index >= 15 is 0 Å². The Morgan fingerprint density at radius 3 is 3.04 bits per heavy atom. The Kier molecular flexibility index (Phi) is 4.24. The summed E-state index contributed by atoms with van der Waals surface area (Å²) in [5.41, 5.74) is 1.97. The molecular formula is C20H20N4O2S. The number of carbonyl (C=O) groups excluding carboxylic acids is 1. The zero-order valence-corrected chi connectivity index (χ0v) is 15.6. The third kappa shape index (κ3) is 3.06. The number of amides is 1. The summed E-state index contributed by atoms with van der Waals surface area (Å²) in [5.74, 6) is 2.12. The van der Waals surface area contributed by atoms with Crippen molar-refractivity contribution in [2.75, 3.05) is 0 Å². The number of carbonyl (C=O) groups is 1. The maximum atomic E-state index is 13.0. The van der Waals surface area contributed by atoms with Crippen molar-refractivity contribution in [3.63, 3.8) is 0 Å². The molecule has 1 N–H and O–H groups in total. The van der Waals surface area contributed by atoms with Crippen molar-refractivity contribution in [1.29, 1.82) is 0 Å². The Labute approximate surface area is 161 Å². The monoisotopic (exact) mass is 380 g/mol. The molecule has 0 radical (unpaired) electrons. The van der Waals surface area contributed by atoms with Crippen LogP contribution in [-0.2, 0) is 11.3 Å². The molecule has 3 aromatic rings. The first kappa shape index (κ1) is 16.6. The van der Waals surface area contributed by atoms with Crippen LogP contribution < -0.4 is 5.32 Å². The van der Waals surface area contributed by atoms with Gasteiger partial charge < -0.3 is 9.84 Å². The molecule has 2 aliphatic carbocycles. The molecule has 0 aromatic carbocycles. The molecule has 2 aliphatic rings. The van der Waals surface area contributed by atoms with E-state index in [4.69, 9.17) is 4.52 Å². The first-order valence-electron chi connectivity index (χ1n) is 9.32. The summed E-state index contributed by atoms with van der Waals surface area (Å²) in [7, 11) is 0. The molecule has 5 rings (SSSR count). The number of fused-ring (bicyclic) bond motifs is 2. The Balaban J connectivity index is 1.36. The predicted molar refractivity (Wildman–Crippen MR) is 101 cm³/mol. The van der Waals surface area contributed by atoms with Gasteiger partial charge in [0.25, 0.3) is 0 Å². The molecule has 0 spiro atoms. The minimum atomic E-state index is -0.0869. The minimum absolute atomic E-state index is 0.0255. The van der Waals surface area contributed by atoms with Crippen LogP contribution in [0.15, 0.2) is 45.9 Å². The Hall–Kier alpha value is -2.54. The number of hydrogen-bond donors (Lipinski definition) is 1. The van der Waals surface area contributed by atoms with Crippen LogP contribution >= 0.6 is 11.3 Å². The summed E-state index contributed by atoms with van der Waals surface area (Å²) < 4.78 is 5.62. The van der Waals surface area contributed by atoms with Crippen molar-refractivity contribution in [2.24, 2.45) is 17.8 Å². The van der Waals surface area contributed by atoms with Gasteiger partial charge in [-0.1, -0.05) is 11.2 Å². The van der Waals surface area contributed by atoms with E-state index in [1.54, 1.807) is 23.7 Å². The predicted octanol–water partition coefficient (Wildman–Crippen LogP) is 3.64. The van der Waals surface area contributed by atoms with Gasteiger partial charge in [-0.2, -0.15) is 16.3 Å². The van der Waals surface area contributed by atoms with Crippen molar-refractivity contribution < 1.29 is 9.32 Å². The van der Waals surface area contributed by atoms with E-state index in [9.17, 15) is 4.79 Å². The second kappa shape index (κ2) is 6.88. The van der Waals surface area contributed by atoms with E-state index in [1.807, 2.05) is 29.0 Å². The number of rotatable bonds is 5. The quantitative estimate of drug-likeness (QED) is 0.731. The van der Waals surface area contributed by atoms with Crippen LogP contribution in [0.1, 0.15) is 36.6 Å². The minimum Gasteiger partial charge on any atom is -0.352 e. The highest BCUT2D eigenvalue weighted by Crippen LogP contribution is 2.56. The van der Waals surface area contributed by atoms with Crippen LogP contribution in [0.5, 0.6) is 0 Å². The van der Waals surface area contributed by atoms with E-state index in [-0.39, 0.29) is 17.7 Å². The summed E-state index contributed by atoms with van der Waals surface area (Å²) in [5, 5.41) is 11.3. The van der Waals surface area contributed by atoms with Gasteiger partial charge in [0.15, 0.2) is 0 Å². The van der Waals surface area contributed by atoms with E-state index in [0.29, 0.717) is 30.1 Å². The Morgan fingerprint density at radius 2 is 2.22 bits per heavy atom. The standard InChI is InChI=1S/C20H20N4O2S/c25-19(22-10-12-2-1-6-21-9-12)16-13-3-4-14(8-13)17(16)20-23-18(24-26-20)15-5-7-27-11-15/h1-2,5-7,9,11,13-14,16-17H,3-4,8,10H2,(H,22,25)/t13-,14+,16-,17-/m0/s1. The van der Waals surface area contributed by atoms with Gasteiger partial charge in [0, 0.05) is 29.9 Å². The summed E-state index contributed by atoms with van der Waals surface area (Å²) in [6.07, 6.45) is 6.84.